The van der Waals surface area contributed by atoms with Crippen LogP contribution >= 0.6 is 0 Å². The first kappa shape index (κ1) is 11.0. The second-order valence-electron chi connectivity index (χ2n) is 5.82. The maximum Gasteiger partial charge on any atom is 0.0780 e. The van der Waals surface area contributed by atoms with Gasteiger partial charge in [0.2, 0.25) is 0 Å². The Bertz CT molecular complexity index is 146. The number of nitrogens with zero attached hydrogens (tertiary/aromatic N) is 1. The molecule has 0 aromatic rings. The Hall–Kier alpha value is -0.0400. The van der Waals surface area contributed by atoms with E-state index in [4.69, 9.17) is 0 Å². The van der Waals surface area contributed by atoms with Gasteiger partial charge in [-0.15, -0.1) is 0 Å². The second-order valence-corrected chi connectivity index (χ2v) is 5.82. The normalized spacial score (nSPS) is 29.5. The summed E-state index contributed by atoms with van der Waals surface area (Å²) in [6.45, 7) is 3.77. The fourth-order valence-corrected chi connectivity index (χ4v) is 2.48. The summed E-state index contributed by atoms with van der Waals surface area (Å²) >= 11 is 0. The molecule has 1 aliphatic rings. The number of hydrogen-bond donors (Lipinski definition) is 0. The predicted octanol–water partition coefficient (Wildman–Crippen LogP) is 2.91. The fourth-order valence-electron chi connectivity index (χ4n) is 2.48. The summed E-state index contributed by atoms with van der Waals surface area (Å²) in [6.07, 6.45) is 7.35. The topological polar surface area (TPSA) is 0 Å². The smallest absolute Gasteiger partial charge is 0.0780 e. The lowest BCUT2D eigenvalue weighted by Crippen LogP contribution is -2.35. The third kappa shape index (κ3) is 4.12. The highest BCUT2D eigenvalue weighted by atomic mass is 15.3. The Labute approximate surface area is 83.7 Å². The van der Waals surface area contributed by atoms with Crippen molar-refractivity contribution in [2.24, 2.45) is 11.8 Å². The lowest BCUT2D eigenvalue weighted by Gasteiger charge is -2.25. The van der Waals surface area contributed by atoms with Crippen LogP contribution < -0.4 is 0 Å². The van der Waals surface area contributed by atoms with Gasteiger partial charge in [-0.3, -0.25) is 0 Å². The maximum atomic E-state index is 2.43. The Morgan fingerprint density at radius 1 is 1.15 bits per heavy atom. The van der Waals surface area contributed by atoms with E-state index in [0.717, 1.165) is 16.3 Å². The van der Waals surface area contributed by atoms with Crippen molar-refractivity contribution in [3.8, 4) is 0 Å². The van der Waals surface area contributed by atoms with Crippen LogP contribution in [-0.2, 0) is 0 Å². The summed E-state index contributed by atoms with van der Waals surface area (Å²) in [5.74, 6) is 2.05. The van der Waals surface area contributed by atoms with E-state index >= 15 is 0 Å². The monoisotopic (exact) mass is 184 g/mol. The first-order chi connectivity index (χ1) is 5.99. The van der Waals surface area contributed by atoms with Crippen LogP contribution in [0.2, 0.25) is 0 Å². The Kier molecular flexibility index (Phi) is 3.78. The summed E-state index contributed by atoms with van der Waals surface area (Å²) < 4.78 is 1.13. The summed E-state index contributed by atoms with van der Waals surface area (Å²) in [7, 11) is 6.87. The second kappa shape index (κ2) is 4.45. The van der Waals surface area contributed by atoms with Crippen molar-refractivity contribution in [2.45, 2.75) is 39.0 Å². The van der Waals surface area contributed by atoms with E-state index in [1.807, 2.05) is 0 Å². The molecule has 1 aliphatic carbocycles. The molecule has 0 amide bonds. The van der Waals surface area contributed by atoms with Gasteiger partial charge < -0.3 is 4.48 Å². The van der Waals surface area contributed by atoms with Crippen LogP contribution in [0.3, 0.4) is 0 Å². The predicted molar refractivity (Wildman–Crippen MR) is 58.6 cm³/mol. The van der Waals surface area contributed by atoms with Gasteiger partial charge in [-0.2, -0.15) is 0 Å². The van der Waals surface area contributed by atoms with Crippen molar-refractivity contribution < 1.29 is 4.48 Å². The van der Waals surface area contributed by atoms with Gasteiger partial charge in [-0.05, 0) is 24.7 Å². The third-order valence-electron chi connectivity index (χ3n) is 3.44. The molecule has 0 aromatic carbocycles. The quantitative estimate of drug-likeness (QED) is 0.589. The third-order valence-corrected chi connectivity index (χ3v) is 3.44. The van der Waals surface area contributed by atoms with Crippen molar-refractivity contribution in [3.05, 3.63) is 0 Å². The van der Waals surface area contributed by atoms with Crippen LogP contribution in [-0.4, -0.2) is 32.2 Å². The molecule has 1 fully saturated rings. The van der Waals surface area contributed by atoms with Gasteiger partial charge in [-0.25, -0.2) is 0 Å². The van der Waals surface area contributed by atoms with Gasteiger partial charge in [0.15, 0.2) is 0 Å². The highest BCUT2D eigenvalue weighted by molar-refractivity contribution is 4.73. The molecule has 1 heteroatoms. The molecule has 0 aromatic heterocycles. The summed E-state index contributed by atoms with van der Waals surface area (Å²) in [6, 6.07) is 0. The number of hydrogen-bond acceptors (Lipinski definition) is 0. The van der Waals surface area contributed by atoms with Gasteiger partial charge in [0, 0.05) is 0 Å². The Morgan fingerprint density at radius 3 is 2.31 bits per heavy atom. The molecule has 1 nitrogen and oxygen atoms in total. The Morgan fingerprint density at radius 2 is 1.85 bits per heavy atom. The zero-order valence-corrected chi connectivity index (χ0v) is 9.84. The number of rotatable bonds is 4. The molecule has 0 aliphatic heterocycles. The first-order valence-corrected chi connectivity index (χ1v) is 5.79. The molecule has 0 N–H and O–H groups in total. The standard InChI is InChI=1S/C12H26N/c1-11-7-5-8-12(11)9-6-10-13(2,3)4/h11-12H,5-10H2,1-4H3/q+1. The molecule has 13 heavy (non-hydrogen) atoms. The van der Waals surface area contributed by atoms with E-state index in [1.54, 1.807) is 0 Å². The molecule has 0 bridgehead atoms. The minimum atomic E-state index is 1.01. The maximum absolute atomic E-state index is 2.43. The average Bonchev–Trinajstić information content (AvgIpc) is 2.34. The van der Waals surface area contributed by atoms with E-state index in [1.165, 1.54) is 38.6 Å². The van der Waals surface area contributed by atoms with Crippen molar-refractivity contribution in [3.63, 3.8) is 0 Å². The molecule has 2 unspecified atom stereocenters. The van der Waals surface area contributed by atoms with E-state index in [0.29, 0.717) is 0 Å². The van der Waals surface area contributed by atoms with Gasteiger partial charge in [0.05, 0.1) is 27.7 Å². The van der Waals surface area contributed by atoms with Crippen LogP contribution in [0.25, 0.3) is 0 Å². The van der Waals surface area contributed by atoms with Crippen LogP contribution in [0.15, 0.2) is 0 Å². The molecule has 0 spiro atoms. The minimum Gasteiger partial charge on any atom is -0.331 e. The average molecular weight is 184 g/mol. The molecule has 0 heterocycles. The van der Waals surface area contributed by atoms with Gasteiger partial charge in [0.1, 0.15) is 0 Å². The summed E-state index contributed by atoms with van der Waals surface area (Å²) in [5, 5.41) is 0. The summed E-state index contributed by atoms with van der Waals surface area (Å²) in [4.78, 5) is 0. The minimum absolute atomic E-state index is 1.01. The van der Waals surface area contributed by atoms with Crippen LogP contribution in [0.4, 0.5) is 0 Å². The molecular weight excluding hydrogens is 158 g/mol. The fraction of sp³-hybridized carbons (Fsp3) is 1.00. The van der Waals surface area contributed by atoms with Gasteiger partial charge in [0.25, 0.3) is 0 Å². The largest absolute Gasteiger partial charge is 0.331 e. The number of quaternary nitrogens is 1. The zero-order valence-electron chi connectivity index (χ0n) is 9.84. The molecule has 78 valence electrons. The van der Waals surface area contributed by atoms with Crippen molar-refractivity contribution in [1.29, 1.82) is 0 Å². The lowest BCUT2D eigenvalue weighted by atomic mass is 9.93. The van der Waals surface area contributed by atoms with E-state index in [9.17, 15) is 0 Å². The van der Waals surface area contributed by atoms with Crippen LogP contribution in [0.1, 0.15) is 39.0 Å². The van der Waals surface area contributed by atoms with Crippen LogP contribution in [0, 0.1) is 11.8 Å². The molecule has 1 saturated carbocycles. The molecule has 0 saturated heterocycles. The molecule has 2 atom stereocenters. The van der Waals surface area contributed by atoms with E-state index < -0.39 is 0 Å². The van der Waals surface area contributed by atoms with Crippen LogP contribution in [0.5, 0.6) is 0 Å². The highest BCUT2D eigenvalue weighted by Crippen LogP contribution is 2.34. The molecule has 1 rings (SSSR count). The SMILES string of the molecule is CC1CCCC1CCC[N+](C)(C)C. The lowest BCUT2D eigenvalue weighted by molar-refractivity contribution is -0.870. The Balaban J connectivity index is 2.12. The van der Waals surface area contributed by atoms with Crippen molar-refractivity contribution in [1.82, 2.24) is 0 Å². The highest BCUT2D eigenvalue weighted by Gasteiger charge is 2.23. The summed E-state index contributed by atoms with van der Waals surface area (Å²) in [5.41, 5.74) is 0. The van der Waals surface area contributed by atoms with Gasteiger partial charge >= 0.3 is 0 Å². The van der Waals surface area contributed by atoms with Crippen molar-refractivity contribution in [2.75, 3.05) is 27.7 Å². The van der Waals surface area contributed by atoms with E-state index in [2.05, 4.69) is 28.1 Å². The van der Waals surface area contributed by atoms with E-state index in [-0.39, 0.29) is 0 Å². The van der Waals surface area contributed by atoms with Crippen molar-refractivity contribution >= 4 is 0 Å². The molecular formula is C12H26N+. The zero-order chi connectivity index (χ0) is 9.90. The van der Waals surface area contributed by atoms with Gasteiger partial charge in [-0.1, -0.05) is 26.2 Å². The first-order valence-electron chi connectivity index (χ1n) is 5.79. The molecule has 0 radical (unpaired) electrons.